The van der Waals surface area contributed by atoms with E-state index < -0.39 is 0 Å². The molecule has 0 fully saturated rings. The minimum absolute atomic E-state index is 0.302. The number of aryl methyl sites for hydroxylation is 1. The van der Waals surface area contributed by atoms with Crippen molar-refractivity contribution in [2.24, 2.45) is 5.90 Å². The molecule has 3 heteroatoms. The number of nitrogens with zero attached hydrogens (tertiary/aromatic N) is 1. The fraction of sp³-hybridized carbons (Fsp3) is 0.308. The summed E-state index contributed by atoms with van der Waals surface area (Å²) in [6.45, 7) is 4.62. The van der Waals surface area contributed by atoms with Crippen LogP contribution in [0.25, 0.3) is 10.9 Å². The third-order valence-corrected chi connectivity index (χ3v) is 2.77. The van der Waals surface area contributed by atoms with Gasteiger partial charge in [-0.05, 0) is 30.7 Å². The van der Waals surface area contributed by atoms with Crippen molar-refractivity contribution in [2.75, 3.05) is 6.61 Å². The fourth-order valence-corrected chi connectivity index (χ4v) is 1.79. The third kappa shape index (κ3) is 2.21. The quantitative estimate of drug-likeness (QED) is 0.802. The Morgan fingerprint density at radius 2 is 2.12 bits per heavy atom. The Morgan fingerprint density at radius 1 is 1.31 bits per heavy atom. The molecule has 1 aromatic heterocycles. The van der Waals surface area contributed by atoms with Gasteiger partial charge in [0.15, 0.2) is 0 Å². The van der Waals surface area contributed by atoms with Gasteiger partial charge in [-0.15, -0.1) is 0 Å². The van der Waals surface area contributed by atoms with Crippen LogP contribution in [0.4, 0.5) is 0 Å². The normalized spacial score (nSPS) is 12.9. The van der Waals surface area contributed by atoms with Crippen LogP contribution in [0.2, 0.25) is 0 Å². The van der Waals surface area contributed by atoms with Crippen LogP contribution < -0.4 is 5.90 Å². The van der Waals surface area contributed by atoms with E-state index in [9.17, 15) is 0 Å². The smallest absolute Gasteiger partial charge is 0.0745 e. The highest BCUT2D eigenvalue weighted by atomic mass is 16.6. The highest BCUT2D eigenvalue weighted by molar-refractivity contribution is 5.79. The molecule has 2 aromatic rings. The van der Waals surface area contributed by atoms with Gasteiger partial charge < -0.3 is 4.84 Å². The van der Waals surface area contributed by atoms with Crippen LogP contribution in [0.1, 0.15) is 24.1 Å². The number of rotatable bonds is 3. The van der Waals surface area contributed by atoms with Crippen LogP contribution in [0.5, 0.6) is 0 Å². The zero-order valence-corrected chi connectivity index (χ0v) is 9.60. The lowest BCUT2D eigenvalue weighted by molar-refractivity contribution is 0.126. The van der Waals surface area contributed by atoms with Crippen LogP contribution in [0, 0.1) is 6.92 Å². The Kier molecular flexibility index (Phi) is 3.17. The van der Waals surface area contributed by atoms with Crippen LogP contribution >= 0.6 is 0 Å². The van der Waals surface area contributed by atoms with Gasteiger partial charge in [-0.1, -0.05) is 19.1 Å². The predicted molar refractivity (Wildman–Crippen MR) is 65.0 cm³/mol. The van der Waals surface area contributed by atoms with E-state index in [0.29, 0.717) is 12.5 Å². The van der Waals surface area contributed by atoms with Crippen LogP contribution in [-0.4, -0.2) is 11.6 Å². The Morgan fingerprint density at radius 3 is 2.88 bits per heavy atom. The summed E-state index contributed by atoms with van der Waals surface area (Å²) in [6, 6.07) is 10.4. The lowest BCUT2D eigenvalue weighted by Crippen LogP contribution is -2.08. The average Bonchev–Trinajstić information content (AvgIpc) is 2.28. The molecular weight excluding hydrogens is 200 g/mol. The number of aromatic nitrogens is 1. The van der Waals surface area contributed by atoms with Gasteiger partial charge in [-0.25, -0.2) is 5.90 Å². The lowest BCUT2D eigenvalue weighted by Gasteiger charge is -2.10. The molecule has 0 amide bonds. The summed E-state index contributed by atoms with van der Waals surface area (Å²) >= 11 is 0. The second-order valence-corrected chi connectivity index (χ2v) is 4.14. The largest absolute Gasteiger partial charge is 0.304 e. The molecule has 0 radical (unpaired) electrons. The standard InChI is InChI=1S/C13H16N2O/c1-9(8-16-14)11-5-6-13-12(7-11)4-3-10(2)15-13/h3-7,9H,8,14H2,1-2H3. The molecule has 3 nitrogen and oxygen atoms in total. The molecule has 2 N–H and O–H groups in total. The molecule has 2 rings (SSSR count). The van der Waals surface area contributed by atoms with Crippen molar-refractivity contribution in [3.8, 4) is 0 Å². The number of hydrogen-bond donors (Lipinski definition) is 1. The maximum atomic E-state index is 5.09. The van der Waals surface area contributed by atoms with Crippen molar-refractivity contribution < 1.29 is 4.84 Å². The second-order valence-electron chi connectivity index (χ2n) is 4.14. The molecule has 0 aliphatic rings. The topological polar surface area (TPSA) is 48.1 Å². The minimum atomic E-state index is 0.302. The van der Waals surface area contributed by atoms with Gasteiger partial charge in [-0.2, -0.15) is 0 Å². The SMILES string of the molecule is Cc1ccc2cc(C(C)CON)ccc2n1. The van der Waals surface area contributed by atoms with Gasteiger partial charge >= 0.3 is 0 Å². The Bertz CT molecular complexity index is 496. The fourth-order valence-electron chi connectivity index (χ4n) is 1.79. The highest BCUT2D eigenvalue weighted by Gasteiger charge is 2.06. The van der Waals surface area contributed by atoms with Crippen molar-refractivity contribution in [1.82, 2.24) is 4.98 Å². The first-order valence-corrected chi connectivity index (χ1v) is 5.39. The van der Waals surface area contributed by atoms with Crippen LogP contribution in [0.3, 0.4) is 0 Å². The summed E-state index contributed by atoms with van der Waals surface area (Å²) in [5.74, 6) is 5.39. The Balaban J connectivity index is 2.40. The van der Waals surface area contributed by atoms with Gasteiger partial charge in [-0.3, -0.25) is 4.98 Å². The maximum absolute atomic E-state index is 5.09. The van der Waals surface area contributed by atoms with Gasteiger partial charge in [0.1, 0.15) is 0 Å². The number of benzene rings is 1. The van der Waals surface area contributed by atoms with Gasteiger partial charge in [0.25, 0.3) is 0 Å². The monoisotopic (exact) mass is 216 g/mol. The molecule has 1 heterocycles. The molecule has 0 saturated heterocycles. The summed E-state index contributed by atoms with van der Waals surface area (Å²) in [5, 5.41) is 1.16. The van der Waals surface area contributed by atoms with Crippen LogP contribution in [-0.2, 0) is 4.84 Å². The van der Waals surface area contributed by atoms with Gasteiger partial charge in [0, 0.05) is 17.0 Å². The zero-order valence-electron chi connectivity index (χ0n) is 9.60. The molecule has 0 bridgehead atoms. The Labute approximate surface area is 95.2 Å². The molecular formula is C13H16N2O. The first-order chi connectivity index (χ1) is 7.70. The number of hydrogen-bond acceptors (Lipinski definition) is 3. The summed E-state index contributed by atoms with van der Waals surface area (Å²) < 4.78 is 0. The van der Waals surface area contributed by atoms with Gasteiger partial charge in [0.05, 0.1) is 12.1 Å². The predicted octanol–water partition coefficient (Wildman–Crippen LogP) is 2.54. The van der Waals surface area contributed by atoms with Crippen molar-refractivity contribution in [3.63, 3.8) is 0 Å². The molecule has 1 aromatic carbocycles. The average molecular weight is 216 g/mol. The molecule has 1 unspecified atom stereocenters. The number of pyridine rings is 1. The van der Waals surface area contributed by atoms with Gasteiger partial charge in [0.2, 0.25) is 0 Å². The van der Waals surface area contributed by atoms with Crippen molar-refractivity contribution in [3.05, 3.63) is 41.6 Å². The van der Waals surface area contributed by atoms with Crippen molar-refractivity contribution in [2.45, 2.75) is 19.8 Å². The molecule has 0 aliphatic carbocycles. The van der Waals surface area contributed by atoms with E-state index in [-0.39, 0.29) is 0 Å². The van der Waals surface area contributed by atoms with E-state index in [1.165, 1.54) is 5.56 Å². The second kappa shape index (κ2) is 4.60. The first kappa shape index (κ1) is 11.0. The molecule has 0 spiro atoms. The lowest BCUT2D eigenvalue weighted by atomic mass is 10.00. The highest BCUT2D eigenvalue weighted by Crippen LogP contribution is 2.20. The van der Waals surface area contributed by atoms with E-state index in [0.717, 1.165) is 16.6 Å². The van der Waals surface area contributed by atoms with E-state index >= 15 is 0 Å². The van der Waals surface area contributed by atoms with Crippen molar-refractivity contribution in [1.29, 1.82) is 0 Å². The molecule has 0 saturated carbocycles. The summed E-state index contributed by atoms with van der Waals surface area (Å²) in [5.41, 5.74) is 3.30. The van der Waals surface area contributed by atoms with E-state index in [4.69, 9.17) is 5.90 Å². The minimum Gasteiger partial charge on any atom is -0.304 e. The zero-order chi connectivity index (χ0) is 11.5. The summed E-state index contributed by atoms with van der Waals surface area (Å²) in [4.78, 5) is 9.14. The number of nitrogens with two attached hydrogens (primary N) is 1. The molecule has 16 heavy (non-hydrogen) atoms. The van der Waals surface area contributed by atoms with Crippen molar-refractivity contribution >= 4 is 10.9 Å². The van der Waals surface area contributed by atoms with Crippen LogP contribution in [0.15, 0.2) is 30.3 Å². The van der Waals surface area contributed by atoms with E-state index in [2.05, 4.69) is 34.9 Å². The third-order valence-electron chi connectivity index (χ3n) is 2.77. The molecule has 1 atom stereocenters. The van der Waals surface area contributed by atoms with E-state index in [1.54, 1.807) is 0 Å². The first-order valence-electron chi connectivity index (χ1n) is 5.39. The molecule has 84 valence electrons. The Hall–Kier alpha value is -1.45. The summed E-state index contributed by atoms with van der Waals surface area (Å²) in [7, 11) is 0. The van der Waals surface area contributed by atoms with E-state index in [1.807, 2.05) is 19.1 Å². The summed E-state index contributed by atoms with van der Waals surface area (Å²) in [6.07, 6.45) is 0. The number of fused-ring (bicyclic) bond motifs is 1. The molecule has 0 aliphatic heterocycles. The maximum Gasteiger partial charge on any atom is 0.0745 e.